The quantitative estimate of drug-likeness (QED) is 0.868. The predicted octanol–water partition coefficient (Wildman–Crippen LogP) is 1.45. The van der Waals surface area contributed by atoms with Gasteiger partial charge in [-0.15, -0.1) is 0 Å². The Morgan fingerprint density at radius 1 is 1.56 bits per heavy atom. The molecule has 0 aliphatic heterocycles. The smallest absolute Gasteiger partial charge is 0.217 e. The van der Waals surface area contributed by atoms with Crippen molar-refractivity contribution in [1.29, 1.82) is 0 Å². The van der Waals surface area contributed by atoms with E-state index in [0.717, 1.165) is 10.0 Å². The highest BCUT2D eigenvalue weighted by molar-refractivity contribution is 9.10. The molecule has 18 heavy (non-hydrogen) atoms. The number of nitrogens with one attached hydrogen (secondary N) is 1. The summed E-state index contributed by atoms with van der Waals surface area (Å²) in [5.74, 6) is -0.529. The topological polar surface area (TPSA) is 66.4 Å². The highest BCUT2D eigenvalue weighted by Crippen LogP contribution is 2.32. The molecular formula is C13H14BrNO3. The average Bonchev–Trinajstić information content (AvgIpc) is 2.33. The maximum atomic E-state index is 12.5. The first-order valence-electron chi connectivity index (χ1n) is 5.72. The molecule has 96 valence electrons. The van der Waals surface area contributed by atoms with Gasteiger partial charge in [-0.25, -0.2) is 0 Å². The highest BCUT2D eigenvalue weighted by atomic mass is 79.9. The lowest BCUT2D eigenvalue weighted by molar-refractivity contribution is -0.121. The van der Waals surface area contributed by atoms with Crippen molar-refractivity contribution >= 4 is 27.6 Å². The summed E-state index contributed by atoms with van der Waals surface area (Å²) in [4.78, 5) is 23.7. The predicted molar refractivity (Wildman–Crippen MR) is 70.4 cm³/mol. The van der Waals surface area contributed by atoms with Gasteiger partial charge in [0.05, 0.1) is 6.61 Å². The minimum Gasteiger partial charge on any atom is -0.393 e. The Morgan fingerprint density at radius 2 is 2.28 bits per heavy atom. The van der Waals surface area contributed by atoms with Crippen LogP contribution in [-0.4, -0.2) is 28.9 Å². The number of Topliss-reactive ketones (excluding diaryl/α,β-unsaturated/α-hetero) is 1. The summed E-state index contributed by atoms with van der Waals surface area (Å²) in [6.07, 6.45) is 1.06. The van der Waals surface area contributed by atoms with Gasteiger partial charge in [-0.3, -0.25) is 9.59 Å². The number of amides is 1. The molecule has 1 aromatic rings. The van der Waals surface area contributed by atoms with Crippen molar-refractivity contribution in [3.05, 3.63) is 33.8 Å². The third kappa shape index (κ3) is 2.08. The Hall–Kier alpha value is -1.20. The number of aliphatic hydroxyl groups is 1. The minimum atomic E-state index is -1.17. The average molecular weight is 312 g/mol. The first kappa shape index (κ1) is 13.2. The fraction of sp³-hybridized carbons (Fsp3) is 0.385. The van der Waals surface area contributed by atoms with Crippen LogP contribution in [0.25, 0.3) is 0 Å². The minimum absolute atomic E-state index is 0.220. The summed E-state index contributed by atoms with van der Waals surface area (Å²) in [6.45, 7) is 0.971. The Balaban J connectivity index is 2.46. The Morgan fingerprint density at radius 3 is 2.89 bits per heavy atom. The van der Waals surface area contributed by atoms with E-state index in [9.17, 15) is 14.7 Å². The molecule has 2 N–H and O–H groups in total. The lowest BCUT2D eigenvalue weighted by Gasteiger charge is -2.35. The zero-order valence-electron chi connectivity index (χ0n) is 10.00. The van der Waals surface area contributed by atoms with Crippen molar-refractivity contribution in [2.75, 3.05) is 6.61 Å². The second-order valence-electron chi connectivity index (χ2n) is 4.52. The van der Waals surface area contributed by atoms with Gasteiger partial charge in [0.2, 0.25) is 5.91 Å². The van der Waals surface area contributed by atoms with Crippen LogP contribution in [0.3, 0.4) is 0 Å². The van der Waals surface area contributed by atoms with E-state index in [1.807, 2.05) is 6.07 Å². The molecule has 1 atom stereocenters. The summed E-state index contributed by atoms with van der Waals surface area (Å²) < 4.78 is 0.891. The molecule has 2 rings (SSSR count). The maximum Gasteiger partial charge on any atom is 0.217 e. The van der Waals surface area contributed by atoms with E-state index in [1.165, 1.54) is 6.92 Å². The largest absolute Gasteiger partial charge is 0.393 e. The molecule has 1 aliphatic rings. The van der Waals surface area contributed by atoms with Gasteiger partial charge < -0.3 is 10.4 Å². The SMILES string of the molecule is CC(=O)NC1(CO)CCc2c(Br)cccc2C1=O. The summed E-state index contributed by atoms with van der Waals surface area (Å²) in [5.41, 5.74) is 0.343. The number of ketones is 1. The van der Waals surface area contributed by atoms with Crippen LogP contribution in [0.15, 0.2) is 22.7 Å². The van der Waals surface area contributed by atoms with Crippen LogP contribution in [-0.2, 0) is 11.2 Å². The van der Waals surface area contributed by atoms with E-state index >= 15 is 0 Å². The number of carbonyl (C=O) groups is 2. The zero-order valence-corrected chi connectivity index (χ0v) is 11.6. The molecule has 0 fully saturated rings. The Bertz CT molecular complexity index is 515. The van der Waals surface area contributed by atoms with E-state index in [0.29, 0.717) is 18.4 Å². The number of carbonyl (C=O) groups excluding carboxylic acids is 2. The molecule has 1 aliphatic carbocycles. The molecule has 0 radical (unpaired) electrons. The van der Waals surface area contributed by atoms with Crippen molar-refractivity contribution in [3.8, 4) is 0 Å². The van der Waals surface area contributed by atoms with Crippen LogP contribution < -0.4 is 5.32 Å². The molecule has 1 unspecified atom stereocenters. The maximum absolute atomic E-state index is 12.5. The van der Waals surface area contributed by atoms with Crippen molar-refractivity contribution < 1.29 is 14.7 Å². The summed E-state index contributed by atoms with van der Waals surface area (Å²) in [5, 5.41) is 12.1. The number of rotatable bonds is 2. The van der Waals surface area contributed by atoms with Crippen LogP contribution in [0.4, 0.5) is 0 Å². The number of benzene rings is 1. The number of fused-ring (bicyclic) bond motifs is 1. The third-order valence-electron chi connectivity index (χ3n) is 3.29. The van der Waals surface area contributed by atoms with Crippen molar-refractivity contribution in [2.45, 2.75) is 25.3 Å². The molecule has 0 heterocycles. The van der Waals surface area contributed by atoms with Gasteiger partial charge in [0, 0.05) is 17.0 Å². The van der Waals surface area contributed by atoms with E-state index in [1.54, 1.807) is 12.1 Å². The molecule has 0 saturated heterocycles. The molecule has 0 bridgehead atoms. The van der Waals surface area contributed by atoms with E-state index in [-0.39, 0.29) is 18.3 Å². The molecule has 4 nitrogen and oxygen atoms in total. The zero-order chi connectivity index (χ0) is 13.3. The van der Waals surface area contributed by atoms with Crippen molar-refractivity contribution in [1.82, 2.24) is 5.32 Å². The van der Waals surface area contributed by atoms with E-state index in [2.05, 4.69) is 21.2 Å². The van der Waals surface area contributed by atoms with Crippen molar-refractivity contribution in [3.63, 3.8) is 0 Å². The van der Waals surface area contributed by atoms with Crippen LogP contribution >= 0.6 is 15.9 Å². The first-order valence-corrected chi connectivity index (χ1v) is 6.51. The van der Waals surface area contributed by atoms with Gasteiger partial charge >= 0.3 is 0 Å². The Kier molecular flexibility index (Phi) is 3.54. The molecule has 0 aromatic heterocycles. The lowest BCUT2D eigenvalue weighted by atomic mass is 9.77. The van der Waals surface area contributed by atoms with E-state index in [4.69, 9.17) is 0 Å². The Labute approximate surface area is 114 Å². The van der Waals surface area contributed by atoms with Crippen LogP contribution in [0.1, 0.15) is 29.3 Å². The highest BCUT2D eigenvalue weighted by Gasteiger charge is 2.43. The number of halogens is 1. The summed E-state index contributed by atoms with van der Waals surface area (Å²) >= 11 is 3.42. The lowest BCUT2D eigenvalue weighted by Crippen LogP contribution is -2.58. The van der Waals surface area contributed by atoms with Gasteiger partial charge in [-0.2, -0.15) is 0 Å². The number of hydrogen-bond acceptors (Lipinski definition) is 3. The fourth-order valence-electron chi connectivity index (χ4n) is 2.38. The van der Waals surface area contributed by atoms with Crippen LogP contribution in [0.2, 0.25) is 0 Å². The number of aliphatic hydroxyl groups excluding tert-OH is 1. The third-order valence-corrected chi connectivity index (χ3v) is 4.03. The standard InChI is InChI=1S/C13H14BrNO3/c1-8(17)15-13(7-16)6-5-9-10(12(13)18)3-2-4-11(9)14/h2-4,16H,5-7H2,1H3,(H,15,17). The molecule has 0 spiro atoms. The van der Waals surface area contributed by atoms with Crippen LogP contribution in [0.5, 0.6) is 0 Å². The second kappa shape index (κ2) is 4.82. The second-order valence-corrected chi connectivity index (χ2v) is 5.37. The molecule has 1 aromatic carbocycles. The molecule has 5 heteroatoms. The van der Waals surface area contributed by atoms with E-state index < -0.39 is 5.54 Å². The van der Waals surface area contributed by atoms with Gasteiger partial charge in [-0.1, -0.05) is 28.1 Å². The van der Waals surface area contributed by atoms with Gasteiger partial charge in [-0.05, 0) is 24.5 Å². The van der Waals surface area contributed by atoms with Crippen molar-refractivity contribution in [2.24, 2.45) is 0 Å². The fourth-order valence-corrected chi connectivity index (χ4v) is 2.95. The monoisotopic (exact) mass is 311 g/mol. The van der Waals surface area contributed by atoms with Gasteiger partial charge in [0.15, 0.2) is 5.78 Å². The van der Waals surface area contributed by atoms with Gasteiger partial charge in [0.25, 0.3) is 0 Å². The number of hydrogen-bond donors (Lipinski definition) is 2. The van der Waals surface area contributed by atoms with Gasteiger partial charge in [0.1, 0.15) is 5.54 Å². The summed E-state index contributed by atoms with van der Waals surface area (Å²) in [6, 6.07) is 5.40. The molecule has 1 amide bonds. The molecule has 0 saturated carbocycles. The summed E-state index contributed by atoms with van der Waals surface area (Å²) in [7, 11) is 0. The first-order chi connectivity index (χ1) is 8.50. The normalized spacial score (nSPS) is 22.5. The van der Waals surface area contributed by atoms with Crippen LogP contribution in [0, 0.1) is 0 Å². The molecular weight excluding hydrogens is 298 g/mol.